The Bertz CT molecular complexity index is 1200. The molecule has 0 radical (unpaired) electrons. The summed E-state index contributed by atoms with van der Waals surface area (Å²) in [4.78, 5) is 27.5. The molecule has 1 N–H and O–H groups in total. The molecule has 8 nitrogen and oxygen atoms in total. The Morgan fingerprint density at radius 2 is 1.12 bits per heavy atom. The number of halogens is 6. The lowest BCUT2D eigenvalue weighted by atomic mass is 10.1. The molecular weight excluding hydrogens is 586 g/mol. The first kappa shape index (κ1) is 34.0. The van der Waals surface area contributed by atoms with E-state index in [1.165, 1.54) is 48.5 Å². The SMILES string of the molecule is CO[C@@H]1CN(C(=O)Cc2ccc(OC(F)(F)F)cc2)C[C@H]1C.C[C@@H]1CN(C(=O)Cc2ccc(OC(F)(F)F)cc2)C[C@H]1O. The van der Waals surface area contributed by atoms with E-state index in [1.807, 2.05) is 13.8 Å². The number of aliphatic hydroxyl groups is 1. The Morgan fingerprint density at radius 1 is 0.721 bits per heavy atom. The first-order chi connectivity index (χ1) is 20.0. The molecule has 0 aromatic heterocycles. The van der Waals surface area contributed by atoms with Gasteiger partial charge in [-0.1, -0.05) is 38.1 Å². The van der Waals surface area contributed by atoms with E-state index in [0.29, 0.717) is 37.3 Å². The summed E-state index contributed by atoms with van der Waals surface area (Å²) in [6.07, 6.45) is -9.68. The number of amides is 2. The number of ether oxygens (including phenoxy) is 3. The smallest absolute Gasteiger partial charge is 0.406 e. The van der Waals surface area contributed by atoms with Gasteiger partial charge in [0, 0.05) is 45.1 Å². The second kappa shape index (κ2) is 14.3. The highest BCUT2D eigenvalue weighted by atomic mass is 19.4. The zero-order valence-corrected chi connectivity index (χ0v) is 23.8. The topological polar surface area (TPSA) is 88.5 Å². The van der Waals surface area contributed by atoms with Crippen molar-refractivity contribution in [2.75, 3.05) is 33.3 Å². The number of benzene rings is 2. The number of hydrogen-bond donors (Lipinski definition) is 1. The molecular formula is C29H34F6N2O6. The third kappa shape index (κ3) is 10.9. The van der Waals surface area contributed by atoms with Crippen molar-refractivity contribution in [1.29, 1.82) is 0 Å². The van der Waals surface area contributed by atoms with Gasteiger partial charge in [-0.15, -0.1) is 26.3 Å². The molecule has 2 aliphatic rings. The fourth-order valence-electron chi connectivity index (χ4n) is 4.79. The Hall–Kier alpha value is -3.52. The first-order valence-corrected chi connectivity index (χ1v) is 13.5. The molecule has 0 aliphatic carbocycles. The summed E-state index contributed by atoms with van der Waals surface area (Å²) in [5.74, 6) is -0.506. The molecule has 2 fully saturated rings. The van der Waals surface area contributed by atoms with Crippen LogP contribution in [0.15, 0.2) is 48.5 Å². The van der Waals surface area contributed by atoms with E-state index in [0.717, 1.165) is 0 Å². The van der Waals surface area contributed by atoms with Crippen molar-refractivity contribution in [3.05, 3.63) is 59.7 Å². The number of aliphatic hydroxyl groups excluding tert-OH is 1. The zero-order chi connectivity index (χ0) is 31.9. The van der Waals surface area contributed by atoms with Gasteiger partial charge in [-0.05, 0) is 35.4 Å². The summed E-state index contributed by atoms with van der Waals surface area (Å²) in [7, 11) is 1.62. The molecule has 2 aliphatic heterocycles. The van der Waals surface area contributed by atoms with Gasteiger partial charge >= 0.3 is 12.7 Å². The predicted octanol–water partition coefficient (Wildman–Crippen LogP) is 4.59. The van der Waals surface area contributed by atoms with Gasteiger partial charge in [-0.2, -0.15) is 0 Å². The zero-order valence-electron chi connectivity index (χ0n) is 23.8. The molecule has 14 heteroatoms. The van der Waals surface area contributed by atoms with Crippen LogP contribution in [0.1, 0.15) is 25.0 Å². The van der Waals surface area contributed by atoms with E-state index in [9.17, 15) is 41.0 Å². The number of hydrogen-bond acceptors (Lipinski definition) is 6. The molecule has 238 valence electrons. The van der Waals surface area contributed by atoms with Crippen LogP contribution in [0.4, 0.5) is 26.3 Å². The first-order valence-electron chi connectivity index (χ1n) is 13.5. The minimum absolute atomic E-state index is 0.0338. The molecule has 0 bridgehead atoms. The molecule has 2 saturated heterocycles. The highest BCUT2D eigenvalue weighted by Crippen LogP contribution is 2.25. The van der Waals surface area contributed by atoms with E-state index in [-0.39, 0.29) is 54.1 Å². The monoisotopic (exact) mass is 620 g/mol. The van der Waals surface area contributed by atoms with Crippen molar-refractivity contribution >= 4 is 11.8 Å². The highest BCUT2D eigenvalue weighted by Gasteiger charge is 2.34. The van der Waals surface area contributed by atoms with Crippen LogP contribution in [0, 0.1) is 11.8 Å². The molecule has 2 aromatic rings. The maximum absolute atomic E-state index is 12.2. The van der Waals surface area contributed by atoms with Crippen LogP contribution in [0.2, 0.25) is 0 Å². The third-order valence-corrected chi connectivity index (χ3v) is 7.15. The molecule has 2 aromatic carbocycles. The van der Waals surface area contributed by atoms with E-state index in [2.05, 4.69) is 9.47 Å². The van der Waals surface area contributed by atoms with E-state index < -0.39 is 18.8 Å². The van der Waals surface area contributed by atoms with Crippen LogP contribution >= 0.6 is 0 Å². The second-order valence-electron chi connectivity index (χ2n) is 10.6. The molecule has 0 spiro atoms. The summed E-state index contributed by atoms with van der Waals surface area (Å²) in [5, 5.41) is 9.61. The van der Waals surface area contributed by atoms with Crippen molar-refractivity contribution < 1.29 is 55.2 Å². The molecule has 2 amide bonds. The Balaban J connectivity index is 0.000000236. The lowest BCUT2D eigenvalue weighted by Gasteiger charge is -2.16. The third-order valence-electron chi connectivity index (χ3n) is 7.15. The number of alkyl halides is 6. The summed E-state index contributed by atoms with van der Waals surface area (Å²) in [6.45, 7) is 5.86. The molecule has 4 rings (SSSR count). The van der Waals surface area contributed by atoms with Crippen molar-refractivity contribution in [3.8, 4) is 11.5 Å². The highest BCUT2D eigenvalue weighted by molar-refractivity contribution is 5.79. The predicted molar refractivity (Wildman–Crippen MR) is 142 cm³/mol. The number of methoxy groups -OCH3 is 1. The standard InChI is InChI=1S/C15H18F3NO3.C14H16F3NO3/c1-10-8-19(9-13(10)21-2)14(20)7-11-3-5-12(6-4-11)22-15(16,17)18;1-9-7-18(8-12(9)19)13(20)6-10-2-4-11(5-3-10)21-14(15,16)17/h3-6,10,13H,7-9H2,1-2H3;2-5,9,12,19H,6-8H2,1H3/t10-,13-;9-,12-/m11/s1. The van der Waals surface area contributed by atoms with Gasteiger partial charge in [0.2, 0.25) is 11.8 Å². The van der Waals surface area contributed by atoms with E-state index >= 15 is 0 Å². The van der Waals surface area contributed by atoms with Gasteiger partial charge in [-0.3, -0.25) is 9.59 Å². The van der Waals surface area contributed by atoms with Crippen molar-refractivity contribution in [3.63, 3.8) is 0 Å². The van der Waals surface area contributed by atoms with Crippen LogP contribution in [-0.4, -0.2) is 84.9 Å². The molecule has 0 saturated carbocycles. The second-order valence-corrected chi connectivity index (χ2v) is 10.6. The van der Waals surface area contributed by atoms with Crippen molar-refractivity contribution in [1.82, 2.24) is 9.80 Å². The Labute approximate surface area is 245 Å². The quantitative estimate of drug-likeness (QED) is 0.456. The lowest BCUT2D eigenvalue weighted by molar-refractivity contribution is -0.275. The van der Waals surface area contributed by atoms with Crippen LogP contribution < -0.4 is 9.47 Å². The number of carbonyl (C=O) groups is 2. The normalized spacial score (nSPS) is 22.2. The van der Waals surface area contributed by atoms with Gasteiger partial charge < -0.3 is 29.1 Å². The number of carbonyl (C=O) groups excluding carboxylic acids is 2. The summed E-state index contributed by atoms with van der Waals surface area (Å²) >= 11 is 0. The summed E-state index contributed by atoms with van der Waals surface area (Å²) in [5.41, 5.74) is 1.25. The number of rotatable bonds is 7. The van der Waals surface area contributed by atoms with Crippen LogP contribution in [-0.2, 0) is 27.2 Å². The van der Waals surface area contributed by atoms with Crippen LogP contribution in [0.25, 0.3) is 0 Å². The minimum Gasteiger partial charge on any atom is -0.406 e. The Morgan fingerprint density at radius 3 is 1.44 bits per heavy atom. The number of likely N-dealkylation sites (tertiary alicyclic amines) is 2. The fraction of sp³-hybridized carbons (Fsp3) is 0.517. The molecule has 43 heavy (non-hydrogen) atoms. The fourth-order valence-corrected chi connectivity index (χ4v) is 4.79. The Kier molecular flexibility index (Phi) is 11.3. The maximum Gasteiger partial charge on any atom is 0.573 e. The van der Waals surface area contributed by atoms with Gasteiger partial charge in [0.25, 0.3) is 0 Å². The lowest BCUT2D eigenvalue weighted by Crippen LogP contribution is -2.31. The minimum atomic E-state index is -4.72. The maximum atomic E-state index is 12.2. The van der Waals surface area contributed by atoms with Gasteiger partial charge in [0.05, 0.1) is 25.0 Å². The van der Waals surface area contributed by atoms with Gasteiger partial charge in [-0.25, -0.2) is 0 Å². The largest absolute Gasteiger partial charge is 0.573 e. The summed E-state index contributed by atoms with van der Waals surface area (Å²) < 4.78 is 85.1. The van der Waals surface area contributed by atoms with Gasteiger partial charge in [0.15, 0.2) is 0 Å². The van der Waals surface area contributed by atoms with Crippen molar-refractivity contribution in [2.24, 2.45) is 11.8 Å². The van der Waals surface area contributed by atoms with Gasteiger partial charge in [0.1, 0.15) is 11.5 Å². The van der Waals surface area contributed by atoms with Crippen LogP contribution in [0.5, 0.6) is 11.5 Å². The van der Waals surface area contributed by atoms with E-state index in [1.54, 1.807) is 16.9 Å². The average Bonchev–Trinajstić information content (AvgIpc) is 3.46. The number of β-amino-alcohol motifs (C(OH)–C–C–N with tert-alkyl or cyclic N) is 1. The average molecular weight is 621 g/mol. The molecule has 4 atom stereocenters. The number of nitrogens with zero attached hydrogens (tertiary/aromatic N) is 2. The summed E-state index contributed by atoms with van der Waals surface area (Å²) in [6, 6.07) is 10.6. The van der Waals surface area contributed by atoms with Crippen LogP contribution in [0.3, 0.4) is 0 Å². The van der Waals surface area contributed by atoms with E-state index in [4.69, 9.17) is 4.74 Å². The molecule has 0 unspecified atom stereocenters. The molecule has 2 heterocycles. The van der Waals surface area contributed by atoms with Crippen molar-refractivity contribution in [2.45, 2.75) is 51.6 Å².